The van der Waals surface area contributed by atoms with Crippen molar-refractivity contribution in [3.8, 4) is 0 Å². The van der Waals surface area contributed by atoms with Gasteiger partial charge in [-0.15, -0.1) is 0 Å². The summed E-state index contributed by atoms with van der Waals surface area (Å²) < 4.78 is 26.0. The smallest absolute Gasteiger partial charge is 0.160 e. The van der Waals surface area contributed by atoms with Crippen LogP contribution in [0.25, 0.3) is 0 Å². The highest BCUT2D eigenvalue weighted by Gasteiger charge is 2.53. The van der Waals surface area contributed by atoms with Crippen LogP contribution in [0.15, 0.2) is 0 Å². The molecule has 0 aromatic rings. The van der Waals surface area contributed by atoms with Crippen molar-refractivity contribution in [1.29, 1.82) is 0 Å². The summed E-state index contributed by atoms with van der Waals surface area (Å²) in [4.78, 5) is 0. The lowest BCUT2D eigenvalue weighted by atomic mass is 9.58. The fourth-order valence-corrected chi connectivity index (χ4v) is 8.45. The van der Waals surface area contributed by atoms with Gasteiger partial charge >= 0.3 is 0 Å². The number of hydrogen-bond donors (Lipinski definition) is 2. The summed E-state index contributed by atoms with van der Waals surface area (Å²) in [7, 11) is 0. The Bertz CT molecular complexity index is 734. The zero-order valence-corrected chi connectivity index (χ0v) is 28.5. The molecule has 240 valence electrons. The van der Waals surface area contributed by atoms with Crippen LogP contribution in [0, 0.1) is 62.6 Å². The molecule has 2 saturated carbocycles. The fraction of sp³-hybridized carbons (Fsp3) is 1.00. The van der Waals surface area contributed by atoms with Crippen molar-refractivity contribution in [2.75, 3.05) is 26.4 Å². The third-order valence-electron chi connectivity index (χ3n) is 11.3. The molecule has 2 saturated heterocycles. The zero-order valence-electron chi connectivity index (χ0n) is 28.5. The Kier molecular flexibility index (Phi) is 9.52. The largest absolute Gasteiger partial charge is 0.393 e. The highest BCUT2D eigenvalue weighted by Crippen LogP contribution is 2.52. The normalized spacial score (nSPS) is 43.8. The van der Waals surface area contributed by atoms with Crippen LogP contribution in [0.3, 0.4) is 0 Å². The second-order valence-corrected chi connectivity index (χ2v) is 18.8. The molecule has 4 atom stereocenters. The van der Waals surface area contributed by atoms with Gasteiger partial charge in [0.2, 0.25) is 0 Å². The first-order chi connectivity index (χ1) is 18.6. The molecule has 0 amide bonds. The van der Waals surface area contributed by atoms with E-state index in [0.717, 1.165) is 25.7 Å². The van der Waals surface area contributed by atoms with Crippen molar-refractivity contribution in [3.63, 3.8) is 0 Å². The third kappa shape index (κ3) is 7.36. The molecular weight excluding hydrogens is 516 g/mol. The summed E-state index contributed by atoms with van der Waals surface area (Å²) in [6.45, 7) is 29.2. The molecule has 4 rings (SSSR count). The molecule has 4 aliphatic rings. The van der Waals surface area contributed by atoms with Gasteiger partial charge in [-0.1, -0.05) is 83.1 Å². The van der Waals surface area contributed by atoms with E-state index in [1.54, 1.807) is 0 Å². The Hall–Kier alpha value is -0.240. The van der Waals surface area contributed by atoms with Gasteiger partial charge in [0.25, 0.3) is 0 Å². The predicted molar refractivity (Wildman–Crippen MR) is 163 cm³/mol. The van der Waals surface area contributed by atoms with Gasteiger partial charge < -0.3 is 29.2 Å². The van der Waals surface area contributed by atoms with Crippen LogP contribution in [0.5, 0.6) is 0 Å². The first kappa shape index (κ1) is 33.6. The average Bonchev–Trinajstić information content (AvgIpc) is 2.83. The monoisotopic (exact) mass is 580 g/mol. The van der Waals surface area contributed by atoms with Crippen LogP contribution in [-0.4, -0.2) is 61.4 Å². The fourth-order valence-electron chi connectivity index (χ4n) is 8.45. The molecule has 4 unspecified atom stereocenters. The summed E-state index contributed by atoms with van der Waals surface area (Å²) in [5.41, 5.74) is -0.208. The van der Waals surface area contributed by atoms with Crippen LogP contribution in [0.4, 0.5) is 0 Å². The molecule has 0 bridgehead atoms. The van der Waals surface area contributed by atoms with Crippen molar-refractivity contribution in [1.82, 2.24) is 0 Å². The van der Waals surface area contributed by atoms with Crippen LogP contribution >= 0.6 is 0 Å². The summed E-state index contributed by atoms with van der Waals surface area (Å²) in [6, 6.07) is 0. The Labute approximate surface area is 251 Å². The molecule has 6 heteroatoms. The molecule has 0 aromatic heterocycles. The van der Waals surface area contributed by atoms with Crippen molar-refractivity contribution < 1.29 is 29.2 Å². The van der Waals surface area contributed by atoms with E-state index in [1.807, 2.05) is 0 Å². The summed E-state index contributed by atoms with van der Waals surface area (Å²) in [5.74, 6) is 1.36. The van der Waals surface area contributed by atoms with Crippen molar-refractivity contribution >= 4 is 0 Å². The zero-order chi connectivity index (χ0) is 30.8. The predicted octanol–water partition coefficient (Wildman–Crippen LogP) is 6.91. The topological polar surface area (TPSA) is 77.4 Å². The number of aliphatic hydroxyl groups excluding tert-OH is 2. The standard InChI is InChI=1S/C35H64O6/c1-31(2,3)23-13-21(14-24(27(23)36)32(4,5)6)29-38-17-35(18-39-29)19-40-30(41-20-35)22-15-25(33(7,8)9)28(37)26(16-22)34(10,11)12/h21-30,36-37H,13-20H2,1-12H3. The van der Waals surface area contributed by atoms with E-state index in [9.17, 15) is 10.2 Å². The number of rotatable bonds is 2. The van der Waals surface area contributed by atoms with Gasteiger partial charge in [0.15, 0.2) is 12.6 Å². The minimum Gasteiger partial charge on any atom is -0.393 e. The molecule has 2 heterocycles. The third-order valence-corrected chi connectivity index (χ3v) is 11.3. The molecule has 2 N–H and O–H groups in total. The highest BCUT2D eigenvalue weighted by atomic mass is 16.7. The lowest BCUT2D eigenvalue weighted by molar-refractivity contribution is -0.327. The summed E-state index contributed by atoms with van der Waals surface area (Å²) in [6.07, 6.45) is 2.55. The minimum atomic E-state index is -0.310. The Morgan fingerprint density at radius 1 is 0.439 bits per heavy atom. The van der Waals surface area contributed by atoms with Gasteiger partial charge in [-0.2, -0.15) is 0 Å². The van der Waals surface area contributed by atoms with E-state index >= 15 is 0 Å². The van der Waals surface area contributed by atoms with Gasteiger partial charge in [-0.05, 0) is 71.0 Å². The first-order valence-electron chi connectivity index (χ1n) is 16.4. The van der Waals surface area contributed by atoms with Crippen molar-refractivity contribution in [3.05, 3.63) is 0 Å². The number of hydrogen-bond acceptors (Lipinski definition) is 6. The van der Waals surface area contributed by atoms with E-state index < -0.39 is 0 Å². The molecule has 0 radical (unpaired) electrons. The van der Waals surface area contributed by atoms with Gasteiger partial charge in [0, 0.05) is 11.8 Å². The first-order valence-corrected chi connectivity index (χ1v) is 16.4. The van der Waals surface area contributed by atoms with E-state index in [2.05, 4.69) is 83.1 Å². The van der Waals surface area contributed by atoms with Crippen LogP contribution in [-0.2, 0) is 18.9 Å². The van der Waals surface area contributed by atoms with Crippen molar-refractivity contribution in [2.24, 2.45) is 62.6 Å². The molecule has 6 nitrogen and oxygen atoms in total. The molecule has 41 heavy (non-hydrogen) atoms. The van der Waals surface area contributed by atoms with Crippen LogP contribution < -0.4 is 0 Å². The molecular formula is C35H64O6. The van der Waals surface area contributed by atoms with E-state index in [0.29, 0.717) is 26.4 Å². The van der Waals surface area contributed by atoms with E-state index in [-0.39, 0.29) is 87.4 Å². The second kappa shape index (κ2) is 11.6. The second-order valence-electron chi connectivity index (χ2n) is 18.8. The van der Waals surface area contributed by atoms with Gasteiger partial charge in [-0.25, -0.2) is 0 Å². The van der Waals surface area contributed by atoms with E-state index in [1.165, 1.54) is 0 Å². The summed E-state index contributed by atoms with van der Waals surface area (Å²) in [5, 5.41) is 22.7. The number of ether oxygens (including phenoxy) is 4. The van der Waals surface area contributed by atoms with Gasteiger partial charge in [0.1, 0.15) is 0 Å². The lowest BCUT2D eigenvalue weighted by Gasteiger charge is -2.53. The maximum absolute atomic E-state index is 11.4. The Morgan fingerprint density at radius 3 is 0.854 bits per heavy atom. The molecule has 0 aromatic carbocycles. The SMILES string of the molecule is CC(C)(C)C1CC(C2OCC3(CO2)COC(C2CC(C(C)(C)C)C(O)C(C(C)(C)C)C2)OC3)CC(C(C)(C)C)C1O. The van der Waals surface area contributed by atoms with Crippen LogP contribution in [0.1, 0.15) is 109 Å². The quantitative estimate of drug-likeness (QED) is 0.370. The molecule has 2 aliphatic heterocycles. The van der Waals surface area contributed by atoms with Crippen LogP contribution in [0.2, 0.25) is 0 Å². The maximum atomic E-state index is 11.4. The summed E-state index contributed by atoms with van der Waals surface area (Å²) >= 11 is 0. The van der Waals surface area contributed by atoms with Crippen molar-refractivity contribution in [2.45, 2.75) is 134 Å². The van der Waals surface area contributed by atoms with Gasteiger partial charge in [0.05, 0.1) is 44.1 Å². The molecule has 2 aliphatic carbocycles. The highest BCUT2D eigenvalue weighted by molar-refractivity contribution is 4.99. The Balaban J connectivity index is 1.38. The lowest BCUT2D eigenvalue weighted by Crippen LogP contribution is -2.57. The molecule has 4 fully saturated rings. The van der Waals surface area contributed by atoms with E-state index in [4.69, 9.17) is 18.9 Å². The number of aliphatic hydroxyl groups is 2. The van der Waals surface area contributed by atoms with Gasteiger partial charge in [-0.3, -0.25) is 0 Å². The Morgan fingerprint density at radius 2 is 0.659 bits per heavy atom. The average molecular weight is 581 g/mol. The minimum absolute atomic E-state index is 0.0185. The maximum Gasteiger partial charge on any atom is 0.160 e. The molecule has 1 spiro atoms.